The normalized spacial score (nSPS) is 25.2. The highest BCUT2D eigenvalue weighted by Crippen LogP contribution is 2.08. The first kappa shape index (κ1) is 7.38. The van der Waals surface area contributed by atoms with Gasteiger partial charge in [-0.05, 0) is 6.42 Å². The Kier molecular flexibility index (Phi) is 2.14. The van der Waals surface area contributed by atoms with Gasteiger partial charge >= 0.3 is 6.03 Å². The van der Waals surface area contributed by atoms with Crippen molar-refractivity contribution in [3.8, 4) is 0 Å². The second kappa shape index (κ2) is 2.90. The van der Waals surface area contributed by atoms with E-state index in [0.29, 0.717) is 6.04 Å². The fraction of sp³-hybridized carbons (Fsp3) is 0.857. The van der Waals surface area contributed by atoms with Crippen LogP contribution in [0, 0.1) is 0 Å². The molecule has 0 saturated carbocycles. The van der Waals surface area contributed by atoms with Gasteiger partial charge in [0.05, 0.1) is 6.04 Å². The van der Waals surface area contributed by atoms with Gasteiger partial charge in [0.25, 0.3) is 0 Å². The van der Waals surface area contributed by atoms with Crippen molar-refractivity contribution >= 4 is 6.03 Å². The van der Waals surface area contributed by atoms with Gasteiger partial charge in [-0.15, -0.1) is 0 Å². The molecule has 1 fully saturated rings. The minimum atomic E-state index is 0.0680. The molecule has 1 atom stereocenters. The molecule has 1 aliphatic rings. The molecule has 0 spiro atoms. The second-order valence-electron chi connectivity index (χ2n) is 2.74. The Bertz CT molecular complexity index is 136. The van der Waals surface area contributed by atoms with E-state index in [4.69, 9.17) is 0 Å². The molecule has 1 rings (SSSR count). The first-order chi connectivity index (χ1) is 4.75. The molecule has 0 aromatic rings. The van der Waals surface area contributed by atoms with E-state index in [1.807, 2.05) is 7.05 Å². The molecule has 2 amide bonds. The molecule has 0 aromatic heterocycles. The summed E-state index contributed by atoms with van der Waals surface area (Å²) in [4.78, 5) is 12.7. The van der Waals surface area contributed by atoms with Crippen molar-refractivity contribution < 1.29 is 4.79 Å². The highest BCUT2D eigenvalue weighted by atomic mass is 16.2. The van der Waals surface area contributed by atoms with E-state index in [0.717, 1.165) is 19.4 Å². The van der Waals surface area contributed by atoms with Gasteiger partial charge in [0.2, 0.25) is 0 Å². The molecule has 0 radical (unpaired) electrons. The standard InChI is InChI=1S/C7H14N2O/c1-3-4-6-5-8-7(10)9(6)2/h6H,3-5H2,1-2H3,(H,8,10). The average molecular weight is 142 g/mol. The lowest BCUT2D eigenvalue weighted by Crippen LogP contribution is -2.29. The maximum Gasteiger partial charge on any atom is 0.317 e. The minimum absolute atomic E-state index is 0.0680. The van der Waals surface area contributed by atoms with E-state index in [1.165, 1.54) is 0 Å². The van der Waals surface area contributed by atoms with Crippen LogP contribution in [0.25, 0.3) is 0 Å². The zero-order chi connectivity index (χ0) is 7.56. The summed E-state index contributed by atoms with van der Waals surface area (Å²) in [6.07, 6.45) is 2.25. The quantitative estimate of drug-likeness (QED) is 0.608. The molecule has 1 heterocycles. The zero-order valence-electron chi connectivity index (χ0n) is 6.55. The Morgan fingerprint density at radius 2 is 2.50 bits per heavy atom. The highest BCUT2D eigenvalue weighted by molar-refractivity contribution is 5.76. The molecule has 3 nitrogen and oxygen atoms in total. The smallest absolute Gasteiger partial charge is 0.317 e. The van der Waals surface area contributed by atoms with Crippen LogP contribution in [0.4, 0.5) is 4.79 Å². The Hall–Kier alpha value is -0.730. The lowest BCUT2D eigenvalue weighted by molar-refractivity contribution is 0.214. The van der Waals surface area contributed by atoms with E-state index < -0.39 is 0 Å². The average Bonchev–Trinajstić information content (AvgIpc) is 2.20. The molecule has 3 heteroatoms. The molecule has 1 saturated heterocycles. The van der Waals surface area contributed by atoms with Crippen LogP contribution in [0.2, 0.25) is 0 Å². The third kappa shape index (κ3) is 1.23. The summed E-state index contributed by atoms with van der Waals surface area (Å²) >= 11 is 0. The number of hydrogen-bond acceptors (Lipinski definition) is 1. The zero-order valence-corrected chi connectivity index (χ0v) is 6.55. The van der Waals surface area contributed by atoms with E-state index in [2.05, 4.69) is 12.2 Å². The number of likely N-dealkylation sites (N-methyl/N-ethyl adjacent to an activating group) is 1. The maximum atomic E-state index is 10.9. The van der Waals surface area contributed by atoms with Crippen LogP contribution in [-0.2, 0) is 0 Å². The number of carbonyl (C=O) groups is 1. The number of hydrogen-bond donors (Lipinski definition) is 1. The largest absolute Gasteiger partial charge is 0.336 e. The Balaban J connectivity index is 2.41. The van der Waals surface area contributed by atoms with Crippen molar-refractivity contribution in [3.63, 3.8) is 0 Å². The molecule has 0 bridgehead atoms. The third-order valence-electron chi connectivity index (χ3n) is 1.98. The summed E-state index contributed by atoms with van der Waals surface area (Å²) in [6.45, 7) is 2.96. The van der Waals surface area contributed by atoms with Gasteiger partial charge in [-0.3, -0.25) is 0 Å². The van der Waals surface area contributed by atoms with Crippen LogP contribution in [0.5, 0.6) is 0 Å². The molecule has 1 aliphatic heterocycles. The van der Waals surface area contributed by atoms with Crippen molar-refractivity contribution in [1.82, 2.24) is 10.2 Å². The fourth-order valence-electron chi connectivity index (χ4n) is 1.26. The number of nitrogens with one attached hydrogen (secondary N) is 1. The van der Waals surface area contributed by atoms with E-state index in [-0.39, 0.29) is 6.03 Å². The monoisotopic (exact) mass is 142 g/mol. The van der Waals surface area contributed by atoms with Crippen LogP contribution < -0.4 is 5.32 Å². The van der Waals surface area contributed by atoms with E-state index >= 15 is 0 Å². The van der Waals surface area contributed by atoms with E-state index in [9.17, 15) is 4.79 Å². The van der Waals surface area contributed by atoms with Crippen LogP contribution >= 0.6 is 0 Å². The lowest BCUT2D eigenvalue weighted by atomic mass is 10.2. The summed E-state index contributed by atoms with van der Waals surface area (Å²) in [7, 11) is 1.85. The van der Waals surface area contributed by atoms with E-state index in [1.54, 1.807) is 4.90 Å². The maximum absolute atomic E-state index is 10.9. The fourth-order valence-corrected chi connectivity index (χ4v) is 1.26. The van der Waals surface area contributed by atoms with Gasteiger partial charge in [0, 0.05) is 13.6 Å². The van der Waals surface area contributed by atoms with Crippen LogP contribution in [0.3, 0.4) is 0 Å². The molecular weight excluding hydrogens is 128 g/mol. The van der Waals surface area contributed by atoms with Crippen LogP contribution in [-0.4, -0.2) is 30.6 Å². The van der Waals surface area contributed by atoms with Gasteiger partial charge in [-0.25, -0.2) is 4.79 Å². The van der Waals surface area contributed by atoms with Crippen LogP contribution in [0.15, 0.2) is 0 Å². The number of urea groups is 1. The summed E-state index contributed by atoms with van der Waals surface area (Å²) in [5, 5.41) is 2.79. The molecule has 0 aromatic carbocycles. The van der Waals surface area contributed by atoms with Gasteiger partial charge in [0.1, 0.15) is 0 Å². The molecule has 58 valence electrons. The SMILES string of the molecule is CCCC1CNC(=O)N1C. The predicted octanol–water partition coefficient (Wildman–Crippen LogP) is 0.810. The first-order valence-corrected chi connectivity index (χ1v) is 3.76. The van der Waals surface area contributed by atoms with Crippen molar-refractivity contribution in [3.05, 3.63) is 0 Å². The summed E-state index contributed by atoms with van der Waals surface area (Å²) in [6, 6.07) is 0.496. The summed E-state index contributed by atoms with van der Waals surface area (Å²) < 4.78 is 0. The van der Waals surface area contributed by atoms with Gasteiger partial charge in [-0.2, -0.15) is 0 Å². The van der Waals surface area contributed by atoms with Gasteiger partial charge in [-0.1, -0.05) is 13.3 Å². The topological polar surface area (TPSA) is 32.3 Å². The number of carbonyl (C=O) groups excluding carboxylic acids is 1. The number of rotatable bonds is 2. The molecule has 0 aliphatic carbocycles. The Morgan fingerprint density at radius 1 is 1.80 bits per heavy atom. The van der Waals surface area contributed by atoms with Crippen molar-refractivity contribution in [2.24, 2.45) is 0 Å². The first-order valence-electron chi connectivity index (χ1n) is 3.76. The van der Waals surface area contributed by atoms with Crippen molar-refractivity contribution in [2.75, 3.05) is 13.6 Å². The van der Waals surface area contributed by atoms with Crippen molar-refractivity contribution in [1.29, 1.82) is 0 Å². The molecule has 1 unspecified atom stereocenters. The lowest BCUT2D eigenvalue weighted by Gasteiger charge is -2.16. The highest BCUT2D eigenvalue weighted by Gasteiger charge is 2.25. The second-order valence-corrected chi connectivity index (χ2v) is 2.74. The predicted molar refractivity (Wildman–Crippen MR) is 39.9 cm³/mol. The third-order valence-corrected chi connectivity index (χ3v) is 1.98. The minimum Gasteiger partial charge on any atom is -0.336 e. The Labute approximate surface area is 61.4 Å². The van der Waals surface area contributed by atoms with Crippen molar-refractivity contribution in [2.45, 2.75) is 25.8 Å². The van der Waals surface area contributed by atoms with Gasteiger partial charge in [0.15, 0.2) is 0 Å². The number of amides is 2. The van der Waals surface area contributed by atoms with Gasteiger partial charge < -0.3 is 10.2 Å². The number of nitrogens with zero attached hydrogens (tertiary/aromatic N) is 1. The molecule has 1 N–H and O–H groups in total. The summed E-state index contributed by atoms with van der Waals surface area (Å²) in [5.74, 6) is 0. The Morgan fingerprint density at radius 3 is 2.90 bits per heavy atom. The van der Waals surface area contributed by atoms with Crippen LogP contribution in [0.1, 0.15) is 19.8 Å². The molecular formula is C7H14N2O. The molecule has 10 heavy (non-hydrogen) atoms. The summed E-state index contributed by atoms with van der Waals surface area (Å²) in [5.41, 5.74) is 0.